The van der Waals surface area contributed by atoms with Crippen molar-refractivity contribution in [1.29, 1.82) is 0 Å². The molecule has 2 aromatic heterocycles. The zero-order valence-electron chi connectivity index (χ0n) is 49.4. The summed E-state index contributed by atoms with van der Waals surface area (Å²) in [7, 11) is -15.1. The summed E-state index contributed by atoms with van der Waals surface area (Å²) >= 11 is 0. The molecule has 0 spiro atoms. The number of carbonyl (C=O) groups excluding carboxylic acids is 2. The number of phosphoric acid groups is 3. The highest BCUT2D eigenvalue weighted by molar-refractivity contribution is 7.66. The van der Waals surface area contributed by atoms with E-state index in [2.05, 4.69) is 135 Å². The zero-order chi connectivity index (χ0) is 62.4. The number of ether oxygens (including phenoxy) is 2. The molecule has 1 fully saturated rings. The summed E-state index contributed by atoms with van der Waals surface area (Å²) in [5.41, 5.74) is 12.8. The Bertz CT molecular complexity index is 3900. The van der Waals surface area contributed by atoms with Crippen LogP contribution < -0.4 is 41.4 Å². The molecule has 0 aliphatic carbocycles. The highest BCUT2D eigenvalue weighted by Gasteiger charge is 2.48. The van der Waals surface area contributed by atoms with Gasteiger partial charge in [-0.15, -0.1) is 0 Å². The van der Waals surface area contributed by atoms with Crippen molar-refractivity contribution in [3.8, 4) is 11.5 Å². The molecule has 0 bridgehead atoms. The number of hydrogen-bond donors (Lipinski definition) is 8. The minimum absolute atomic E-state index is 0.124. The Kier molecular flexibility index (Phi) is 18.8. The second-order valence-corrected chi connectivity index (χ2v) is 27.5. The summed E-state index contributed by atoms with van der Waals surface area (Å²) in [5, 5.41) is 26.0. The number of anilines is 2. The quantitative estimate of drug-likeness (QED) is 0.0196. The number of nitrogen functional groups attached to an aromatic ring is 1. The lowest BCUT2D eigenvalue weighted by Gasteiger charge is -2.43. The molecular formula is C57H75N9O17P3+. The lowest BCUT2D eigenvalue weighted by atomic mass is 9.83. The lowest BCUT2D eigenvalue weighted by molar-refractivity contribution is -0.121. The highest BCUT2D eigenvalue weighted by Crippen LogP contribution is 2.68. The summed E-state index contributed by atoms with van der Waals surface area (Å²) in [6.07, 6.45) is 1.37. The van der Waals surface area contributed by atoms with Crippen LogP contribution in [0.2, 0.25) is 0 Å². The molecule has 0 saturated carbocycles. The number of H-pyrrole nitrogens is 1. The average molecular weight is 1250 g/mol. The molecule has 0 radical (unpaired) electrons. The summed E-state index contributed by atoms with van der Waals surface area (Å²) in [6, 6.07) is 16.4. The predicted molar refractivity (Wildman–Crippen MR) is 320 cm³/mol. The van der Waals surface area contributed by atoms with E-state index in [9.17, 15) is 53.0 Å². The highest BCUT2D eigenvalue weighted by atomic mass is 31.3. The number of amides is 2. The van der Waals surface area contributed by atoms with Gasteiger partial charge in [-0.05, 0) is 102 Å². The first kappa shape index (κ1) is 64.3. The normalized spacial score (nSPS) is 21.4. The van der Waals surface area contributed by atoms with Crippen LogP contribution in [0, 0.1) is 0 Å². The topological polar surface area (TPSA) is 353 Å². The van der Waals surface area contributed by atoms with Crippen LogP contribution in [0.15, 0.2) is 71.8 Å². The van der Waals surface area contributed by atoms with Crippen molar-refractivity contribution in [3.05, 3.63) is 116 Å². The maximum Gasteiger partial charge on any atom is 0.490 e. The first-order valence-electron chi connectivity index (χ1n) is 28.4. The number of fused-ring (bicyclic) bond motifs is 5. The van der Waals surface area contributed by atoms with E-state index in [1.807, 2.05) is 24.3 Å². The van der Waals surface area contributed by atoms with Gasteiger partial charge in [0.15, 0.2) is 22.9 Å². The number of likely N-dealkylation sites (N-methyl/N-ethyl adjacent to an activating group) is 2. The van der Waals surface area contributed by atoms with Crippen molar-refractivity contribution >= 4 is 74.8 Å². The van der Waals surface area contributed by atoms with Crippen molar-refractivity contribution in [2.45, 2.75) is 130 Å². The van der Waals surface area contributed by atoms with Crippen LogP contribution in [0.1, 0.15) is 133 Å². The van der Waals surface area contributed by atoms with Crippen LogP contribution in [0.5, 0.6) is 11.5 Å². The van der Waals surface area contributed by atoms with E-state index in [-0.39, 0.29) is 52.8 Å². The number of carbonyl (C=O) groups is 2. The number of benzene rings is 3. The van der Waals surface area contributed by atoms with Crippen LogP contribution in [-0.2, 0) is 40.9 Å². The molecule has 86 heavy (non-hydrogen) atoms. The van der Waals surface area contributed by atoms with Crippen LogP contribution in [-0.4, -0.2) is 137 Å². The molecule has 5 aromatic rings. The number of hydrogen-bond acceptors (Lipinski definition) is 18. The number of imidazole rings is 1. The number of nitrogens with two attached hydrogens (primary N) is 1. The first-order chi connectivity index (χ1) is 40.4. The van der Waals surface area contributed by atoms with Crippen LogP contribution in [0.3, 0.4) is 0 Å². The number of phosphoric ester groups is 2. The fraction of sp³-hybridized carbons (Fsp3) is 0.474. The van der Waals surface area contributed by atoms with Gasteiger partial charge in [0.2, 0.25) is 17.2 Å². The minimum atomic E-state index is -5.84. The second kappa shape index (κ2) is 25.1. The van der Waals surface area contributed by atoms with Gasteiger partial charge in [-0.3, -0.25) is 33.0 Å². The first-order valence-corrected chi connectivity index (χ1v) is 32.9. The molecule has 9 N–H and O–H groups in total. The van der Waals surface area contributed by atoms with E-state index in [0.29, 0.717) is 55.8 Å². The van der Waals surface area contributed by atoms with E-state index in [4.69, 9.17) is 19.7 Å². The number of aliphatic hydroxyl groups is 2. The van der Waals surface area contributed by atoms with Crippen molar-refractivity contribution in [3.63, 3.8) is 0 Å². The molecule has 3 aromatic carbocycles. The lowest BCUT2D eigenvalue weighted by Crippen LogP contribution is -2.49. The number of rotatable bonds is 24. The van der Waals surface area contributed by atoms with E-state index in [1.165, 1.54) is 0 Å². The van der Waals surface area contributed by atoms with Gasteiger partial charge in [-0.1, -0.05) is 37.1 Å². The van der Waals surface area contributed by atoms with Gasteiger partial charge in [0.25, 0.3) is 11.5 Å². The Morgan fingerprint density at radius 3 is 2.28 bits per heavy atom. The van der Waals surface area contributed by atoms with Crippen molar-refractivity contribution in [2.24, 2.45) is 0 Å². The van der Waals surface area contributed by atoms with Gasteiger partial charge in [0.1, 0.15) is 36.4 Å². The SMILES string of the molecule is CCN1c2cc3c(cc2C(C)=CC1(C)C)C(c1ccccc1C(=O)N(C)CCCC(=O)NCCCCCCOP(=O)(O)OP(=O)(O)OP(=O)(O)OC[C@H]1O[C@@H](n2cnc4c(=O)[nH]c(N)nc42)[C@H](O)[C@@H]1O)=c1cc2c(cc1O3)=[N+](CC)C(C)(C)C=C2C. The number of aliphatic hydroxyl groups excluding tert-OH is 2. The molecule has 26 nitrogen and oxygen atoms in total. The Labute approximate surface area is 496 Å². The third-order valence-corrected chi connectivity index (χ3v) is 20.0. The predicted octanol–water partition coefficient (Wildman–Crippen LogP) is 6.00. The number of allylic oxidation sites excluding steroid dienone is 2. The largest absolute Gasteiger partial charge is 0.490 e. The number of aromatic amines is 1. The van der Waals surface area contributed by atoms with Gasteiger partial charge < -0.3 is 55.2 Å². The second-order valence-electron chi connectivity index (χ2n) is 22.8. The van der Waals surface area contributed by atoms with E-state index in [0.717, 1.165) is 79.2 Å². The van der Waals surface area contributed by atoms with Gasteiger partial charge in [-0.2, -0.15) is 13.6 Å². The fourth-order valence-electron chi connectivity index (χ4n) is 11.9. The molecule has 29 heteroatoms. The molecule has 4 aliphatic rings. The molecule has 6 heterocycles. The summed E-state index contributed by atoms with van der Waals surface area (Å²) < 4.78 is 71.3. The van der Waals surface area contributed by atoms with Crippen LogP contribution in [0.4, 0.5) is 11.6 Å². The Balaban J connectivity index is 0.744. The Hall–Kier alpha value is -6.21. The smallest absolute Gasteiger partial charge is 0.456 e. The number of nitrogens with one attached hydrogen (secondary N) is 2. The zero-order valence-corrected chi connectivity index (χ0v) is 52.1. The molecule has 9 rings (SSSR count). The van der Waals surface area contributed by atoms with E-state index < -0.39 is 66.8 Å². The molecule has 7 atom stereocenters. The molecule has 1 saturated heterocycles. The van der Waals surface area contributed by atoms with Crippen LogP contribution in [0.25, 0.3) is 27.9 Å². The molecule has 4 aliphatic heterocycles. The average Bonchev–Trinajstić information content (AvgIpc) is 0.948. The van der Waals surface area contributed by atoms with Crippen molar-refractivity contribution in [1.82, 2.24) is 34.3 Å². The van der Waals surface area contributed by atoms with Gasteiger partial charge in [0, 0.05) is 91.7 Å². The van der Waals surface area contributed by atoms with Crippen molar-refractivity contribution in [2.75, 3.05) is 57.1 Å². The summed E-state index contributed by atoms with van der Waals surface area (Å²) in [5.74, 6) is 0.727. The van der Waals surface area contributed by atoms with Gasteiger partial charge >= 0.3 is 23.5 Å². The van der Waals surface area contributed by atoms with Gasteiger partial charge in [-0.25, -0.2) is 23.3 Å². The van der Waals surface area contributed by atoms with E-state index in [1.54, 1.807) is 11.9 Å². The number of aromatic nitrogens is 4. The van der Waals surface area contributed by atoms with Crippen LogP contribution >= 0.6 is 23.5 Å². The third kappa shape index (κ3) is 13.6. The maximum absolute atomic E-state index is 14.6. The fourth-order valence-corrected chi connectivity index (χ4v) is 15.5. The minimum Gasteiger partial charge on any atom is -0.456 e. The Morgan fingerprint density at radius 1 is 0.860 bits per heavy atom. The molecule has 3 unspecified atom stereocenters. The number of unbranched alkanes of at least 4 members (excludes halogenated alkanes) is 3. The molecular weight excluding hydrogens is 1180 g/mol. The standard InChI is InChI=1S/C57H74N9O17P3/c1-10-65-41-27-43-39(25-37(41)33(3)29-56(65,5)6)47(40-26-38-34(4)30-57(7,8)66(11-2)42(38)28-44(40)80-43)35-19-14-15-20-36(35)53(71)63(9)23-18-21-46(67)59-22-16-12-13-17-24-78-84(72,73)82-86(76,77)83-85(74,75)79-31-45-49(68)50(69)54(81-45)64-32-60-48-51(64)61-55(58)62-52(48)70/h14-15,19-20,25-30,32,45,49-50,54,68-69H,10-13,16-18,21-24,31H2,1-9H3,(H6-,58,59,61,62,67,70,72,73,74,75,76,77)/p+1/t45-,49-,50-,54-/m1/s1. The maximum atomic E-state index is 14.6. The summed E-state index contributed by atoms with van der Waals surface area (Å²) in [6.45, 7) is 18.2. The Morgan fingerprint density at radius 2 is 1.56 bits per heavy atom. The third-order valence-electron chi connectivity index (χ3n) is 15.7. The molecule has 464 valence electrons. The summed E-state index contributed by atoms with van der Waals surface area (Å²) in [4.78, 5) is 84.1. The van der Waals surface area contributed by atoms with Crippen molar-refractivity contribution < 1.29 is 75.3 Å². The van der Waals surface area contributed by atoms with Gasteiger partial charge in [0.05, 0.1) is 31.1 Å². The van der Waals surface area contributed by atoms with E-state index >= 15 is 0 Å². The number of nitrogens with zero attached hydrogens (tertiary/aromatic N) is 6. The molecule has 2 amide bonds. The monoisotopic (exact) mass is 1250 g/mol.